The van der Waals surface area contributed by atoms with E-state index in [9.17, 15) is 9.90 Å². The van der Waals surface area contributed by atoms with E-state index in [1.807, 2.05) is 0 Å². The highest BCUT2D eigenvalue weighted by Crippen LogP contribution is 2.39. The Balaban J connectivity index is 2.03. The third kappa shape index (κ3) is 2.54. The monoisotopic (exact) mass is 254 g/mol. The molecule has 1 N–H and O–H groups in total. The molecule has 1 heterocycles. The van der Waals surface area contributed by atoms with E-state index >= 15 is 0 Å². The minimum Gasteiger partial charge on any atom is -0.481 e. The van der Waals surface area contributed by atoms with Crippen LogP contribution in [0.4, 0.5) is 0 Å². The van der Waals surface area contributed by atoms with Crippen molar-refractivity contribution in [2.45, 2.75) is 45.1 Å². The molecule has 0 amide bonds. The largest absolute Gasteiger partial charge is 0.481 e. The minimum atomic E-state index is -0.586. The van der Waals surface area contributed by atoms with Crippen molar-refractivity contribution in [3.63, 3.8) is 0 Å². The van der Waals surface area contributed by atoms with E-state index < -0.39 is 11.4 Å². The number of hydrogen-bond donors (Lipinski definition) is 1. The summed E-state index contributed by atoms with van der Waals surface area (Å²) in [5.41, 5.74) is -0.317. The first-order valence-electron chi connectivity index (χ1n) is 7.03. The van der Waals surface area contributed by atoms with E-state index in [0.717, 1.165) is 51.9 Å². The van der Waals surface area contributed by atoms with Gasteiger partial charge in [0.1, 0.15) is 0 Å². The molecule has 0 aromatic rings. The van der Waals surface area contributed by atoms with Crippen LogP contribution in [0.3, 0.4) is 0 Å². The van der Waals surface area contributed by atoms with Crippen LogP contribution in [-0.4, -0.2) is 59.6 Å². The molecule has 2 rings (SSSR count). The molecule has 2 aliphatic rings. The fourth-order valence-corrected chi connectivity index (χ4v) is 3.40. The van der Waals surface area contributed by atoms with E-state index in [4.69, 9.17) is 0 Å². The van der Waals surface area contributed by atoms with Gasteiger partial charge in [-0.3, -0.25) is 14.6 Å². The molecular weight excluding hydrogens is 228 g/mol. The third-order valence-corrected chi connectivity index (χ3v) is 4.94. The number of hydrogen-bond acceptors (Lipinski definition) is 3. The van der Waals surface area contributed by atoms with Crippen LogP contribution in [0.5, 0.6) is 0 Å². The van der Waals surface area contributed by atoms with Crippen molar-refractivity contribution >= 4 is 5.97 Å². The van der Waals surface area contributed by atoms with Crippen LogP contribution in [0.25, 0.3) is 0 Å². The van der Waals surface area contributed by atoms with Crippen molar-refractivity contribution in [3.8, 4) is 0 Å². The maximum Gasteiger partial charge on any atom is 0.310 e. The first kappa shape index (κ1) is 13.8. The lowest BCUT2D eigenvalue weighted by atomic mass is 9.84. The lowest BCUT2D eigenvalue weighted by molar-refractivity contribution is -0.150. The van der Waals surface area contributed by atoms with Crippen LogP contribution in [-0.2, 0) is 4.79 Å². The topological polar surface area (TPSA) is 43.8 Å². The number of carboxylic acid groups (broad SMARTS) is 1. The Labute approximate surface area is 110 Å². The summed E-state index contributed by atoms with van der Waals surface area (Å²) in [6.45, 7) is 8.21. The predicted octanol–water partition coefficient (Wildman–Crippen LogP) is 1.66. The van der Waals surface area contributed by atoms with Crippen molar-refractivity contribution in [1.29, 1.82) is 0 Å². The standard InChI is InChI=1S/C14H26N2O2/c1-13(2)10-16(9-8-15(13)3)11-14(12(17)18)6-4-5-7-14/h4-11H2,1-3H3,(H,17,18). The number of carboxylic acids is 1. The zero-order valence-electron chi connectivity index (χ0n) is 11.9. The van der Waals surface area contributed by atoms with Crippen molar-refractivity contribution in [2.24, 2.45) is 5.41 Å². The van der Waals surface area contributed by atoms with Gasteiger partial charge in [0, 0.05) is 31.7 Å². The molecule has 2 fully saturated rings. The maximum atomic E-state index is 11.6. The lowest BCUT2D eigenvalue weighted by Crippen LogP contribution is -2.59. The molecule has 1 saturated carbocycles. The fraction of sp³-hybridized carbons (Fsp3) is 0.929. The summed E-state index contributed by atoms with van der Waals surface area (Å²) in [7, 11) is 2.15. The van der Waals surface area contributed by atoms with Gasteiger partial charge >= 0.3 is 5.97 Å². The van der Waals surface area contributed by atoms with E-state index in [1.165, 1.54) is 0 Å². The molecule has 4 heteroatoms. The summed E-state index contributed by atoms with van der Waals surface area (Å²) < 4.78 is 0. The van der Waals surface area contributed by atoms with Crippen LogP contribution < -0.4 is 0 Å². The summed E-state index contributed by atoms with van der Waals surface area (Å²) in [5.74, 6) is -0.586. The zero-order valence-corrected chi connectivity index (χ0v) is 11.9. The van der Waals surface area contributed by atoms with Crippen LogP contribution in [0.2, 0.25) is 0 Å². The number of nitrogens with zero attached hydrogens (tertiary/aromatic N) is 2. The van der Waals surface area contributed by atoms with Gasteiger partial charge in [0.25, 0.3) is 0 Å². The Morgan fingerprint density at radius 1 is 1.22 bits per heavy atom. The quantitative estimate of drug-likeness (QED) is 0.832. The molecule has 18 heavy (non-hydrogen) atoms. The van der Waals surface area contributed by atoms with E-state index in [-0.39, 0.29) is 5.54 Å². The molecule has 0 bridgehead atoms. The first-order valence-corrected chi connectivity index (χ1v) is 7.03. The molecule has 0 radical (unpaired) electrons. The Morgan fingerprint density at radius 2 is 1.83 bits per heavy atom. The second-order valence-electron chi connectivity index (χ2n) is 6.74. The lowest BCUT2D eigenvalue weighted by Gasteiger charge is -2.47. The van der Waals surface area contributed by atoms with Crippen LogP contribution in [0.1, 0.15) is 39.5 Å². The fourth-order valence-electron chi connectivity index (χ4n) is 3.40. The number of likely N-dealkylation sites (N-methyl/N-ethyl adjacent to an activating group) is 1. The molecule has 0 aromatic carbocycles. The second kappa shape index (κ2) is 4.82. The average Bonchev–Trinajstić information content (AvgIpc) is 2.73. The van der Waals surface area contributed by atoms with Gasteiger partial charge in [-0.25, -0.2) is 0 Å². The van der Waals surface area contributed by atoms with Gasteiger partial charge in [0.2, 0.25) is 0 Å². The van der Waals surface area contributed by atoms with E-state index in [1.54, 1.807) is 0 Å². The molecule has 0 spiro atoms. The van der Waals surface area contributed by atoms with Gasteiger partial charge in [0.05, 0.1) is 5.41 Å². The Morgan fingerprint density at radius 3 is 2.33 bits per heavy atom. The van der Waals surface area contributed by atoms with Gasteiger partial charge in [-0.1, -0.05) is 12.8 Å². The van der Waals surface area contributed by atoms with Gasteiger partial charge < -0.3 is 5.11 Å². The number of aliphatic carboxylic acids is 1. The maximum absolute atomic E-state index is 11.6. The van der Waals surface area contributed by atoms with Crippen LogP contribution in [0, 0.1) is 5.41 Å². The molecule has 4 nitrogen and oxygen atoms in total. The summed E-state index contributed by atoms with van der Waals surface area (Å²) >= 11 is 0. The smallest absolute Gasteiger partial charge is 0.310 e. The highest BCUT2D eigenvalue weighted by Gasteiger charge is 2.44. The molecule has 1 aliphatic heterocycles. The van der Waals surface area contributed by atoms with Gasteiger partial charge in [-0.2, -0.15) is 0 Å². The molecule has 1 aliphatic carbocycles. The highest BCUT2D eigenvalue weighted by atomic mass is 16.4. The summed E-state index contributed by atoms with van der Waals surface area (Å²) in [4.78, 5) is 16.3. The molecule has 0 unspecified atom stereocenters. The third-order valence-electron chi connectivity index (χ3n) is 4.94. The van der Waals surface area contributed by atoms with Gasteiger partial charge in [-0.05, 0) is 33.7 Å². The van der Waals surface area contributed by atoms with Gasteiger partial charge in [-0.15, -0.1) is 0 Å². The Hall–Kier alpha value is -0.610. The average molecular weight is 254 g/mol. The van der Waals surface area contributed by atoms with E-state index in [0.29, 0.717) is 0 Å². The SMILES string of the molecule is CN1CCN(CC2(C(=O)O)CCCC2)CC1(C)C. The second-order valence-corrected chi connectivity index (χ2v) is 6.74. The zero-order chi connectivity index (χ0) is 13.4. The first-order chi connectivity index (χ1) is 8.36. The number of carbonyl (C=O) groups is 1. The normalized spacial score (nSPS) is 28.4. The van der Waals surface area contributed by atoms with Crippen molar-refractivity contribution in [3.05, 3.63) is 0 Å². The molecule has 0 atom stereocenters. The Bertz CT molecular complexity index is 322. The molecular formula is C14H26N2O2. The van der Waals surface area contributed by atoms with Crippen molar-refractivity contribution in [1.82, 2.24) is 9.80 Å². The summed E-state index contributed by atoms with van der Waals surface area (Å²) in [6, 6.07) is 0. The number of piperazine rings is 1. The van der Waals surface area contributed by atoms with E-state index in [2.05, 4.69) is 30.7 Å². The predicted molar refractivity (Wildman–Crippen MR) is 71.7 cm³/mol. The van der Waals surface area contributed by atoms with Crippen LogP contribution in [0.15, 0.2) is 0 Å². The Kier molecular flexibility index (Phi) is 3.70. The minimum absolute atomic E-state index is 0.149. The summed E-state index contributed by atoms with van der Waals surface area (Å²) in [6.07, 6.45) is 3.86. The number of rotatable bonds is 3. The molecule has 0 aromatic heterocycles. The molecule has 1 saturated heterocycles. The summed E-state index contributed by atoms with van der Waals surface area (Å²) in [5, 5.41) is 9.54. The van der Waals surface area contributed by atoms with Crippen molar-refractivity contribution < 1.29 is 9.90 Å². The van der Waals surface area contributed by atoms with Gasteiger partial charge in [0.15, 0.2) is 0 Å². The highest BCUT2D eigenvalue weighted by molar-refractivity contribution is 5.75. The van der Waals surface area contributed by atoms with Crippen molar-refractivity contribution in [2.75, 3.05) is 33.2 Å². The molecule has 104 valence electrons. The van der Waals surface area contributed by atoms with Crippen LogP contribution >= 0.6 is 0 Å².